The smallest absolute Gasteiger partial charge is 0.0274 e. The van der Waals surface area contributed by atoms with Gasteiger partial charge < -0.3 is 0 Å². The first-order chi connectivity index (χ1) is 7.50. The van der Waals surface area contributed by atoms with Gasteiger partial charge in [-0.1, -0.05) is 51.8 Å². The van der Waals surface area contributed by atoms with Crippen molar-refractivity contribution in [2.45, 2.75) is 60.3 Å². The minimum absolute atomic E-state index is 0.527. The molecule has 0 bridgehead atoms. The van der Waals surface area contributed by atoms with Crippen molar-refractivity contribution < 1.29 is 0 Å². The third kappa shape index (κ3) is 3.37. The highest BCUT2D eigenvalue weighted by molar-refractivity contribution is 5.29. The molecule has 0 amide bonds. The van der Waals surface area contributed by atoms with Crippen LogP contribution < -0.4 is 0 Å². The predicted molar refractivity (Wildman–Crippen MR) is 72.9 cm³/mol. The van der Waals surface area contributed by atoms with Crippen molar-refractivity contribution >= 4 is 0 Å². The molecule has 0 aromatic heterocycles. The molecule has 0 saturated carbocycles. The van der Waals surface area contributed by atoms with E-state index in [0.29, 0.717) is 5.41 Å². The van der Waals surface area contributed by atoms with Crippen LogP contribution in [-0.4, -0.2) is 0 Å². The molecular weight excluding hydrogens is 192 g/mol. The SMILES string of the molecule is CCC(C)(CC)CCc1ccc(C)c(C)c1. The molecule has 0 atom stereocenters. The Bertz CT molecular complexity index is 332. The third-order valence-corrected chi connectivity index (χ3v) is 4.30. The number of rotatable bonds is 5. The molecule has 0 N–H and O–H groups in total. The van der Waals surface area contributed by atoms with E-state index < -0.39 is 0 Å². The van der Waals surface area contributed by atoms with Crippen LogP contribution in [-0.2, 0) is 6.42 Å². The van der Waals surface area contributed by atoms with Crippen LogP contribution in [0.25, 0.3) is 0 Å². The summed E-state index contributed by atoms with van der Waals surface area (Å²) >= 11 is 0. The van der Waals surface area contributed by atoms with Crippen LogP contribution in [0.1, 0.15) is 56.7 Å². The van der Waals surface area contributed by atoms with Gasteiger partial charge in [-0.2, -0.15) is 0 Å². The summed E-state index contributed by atoms with van der Waals surface area (Å²) < 4.78 is 0. The molecule has 1 rings (SSSR count). The van der Waals surface area contributed by atoms with Gasteiger partial charge in [0.2, 0.25) is 0 Å². The molecule has 0 unspecified atom stereocenters. The van der Waals surface area contributed by atoms with Gasteiger partial charge in [-0.15, -0.1) is 0 Å². The fourth-order valence-electron chi connectivity index (χ4n) is 2.01. The van der Waals surface area contributed by atoms with E-state index in [1.54, 1.807) is 0 Å². The molecule has 0 spiro atoms. The van der Waals surface area contributed by atoms with E-state index in [2.05, 4.69) is 52.8 Å². The van der Waals surface area contributed by atoms with Crippen LogP contribution in [0.2, 0.25) is 0 Å². The minimum atomic E-state index is 0.527. The molecule has 0 aliphatic carbocycles. The van der Waals surface area contributed by atoms with Crippen molar-refractivity contribution in [1.82, 2.24) is 0 Å². The molecule has 0 fully saturated rings. The van der Waals surface area contributed by atoms with Crippen LogP contribution in [0.15, 0.2) is 18.2 Å². The van der Waals surface area contributed by atoms with Gasteiger partial charge in [0.1, 0.15) is 0 Å². The van der Waals surface area contributed by atoms with E-state index in [-0.39, 0.29) is 0 Å². The second-order valence-electron chi connectivity index (χ2n) is 5.44. The molecule has 90 valence electrons. The van der Waals surface area contributed by atoms with Gasteiger partial charge in [0.25, 0.3) is 0 Å². The molecule has 1 aromatic rings. The minimum Gasteiger partial charge on any atom is -0.0649 e. The summed E-state index contributed by atoms with van der Waals surface area (Å²) in [6.45, 7) is 11.4. The number of hydrogen-bond donors (Lipinski definition) is 0. The Morgan fingerprint density at radius 1 is 1.00 bits per heavy atom. The van der Waals surface area contributed by atoms with Crippen LogP contribution in [0.3, 0.4) is 0 Å². The molecule has 0 saturated heterocycles. The van der Waals surface area contributed by atoms with Crippen molar-refractivity contribution in [3.8, 4) is 0 Å². The van der Waals surface area contributed by atoms with Gasteiger partial charge in [-0.25, -0.2) is 0 Å². The predicted octanol–water partition coefficient (Wildman–Crippen LogP) is 5.06. The number of hydrogen-bond acceptors (Lipinski definition) is 0. The molecule has 0 aliphatic heterocycles. The molecule has 0 radical (unpaired) electrons. The summed E-state index contributed by atoms with van der Waals surface area (Å²) in [5.74, 6) is 0. The third-order valence-electron chi connectivity index (χ3n) is 4.30. The lowest BCUT2D eigenvalue weighted by atomic mass is 9.79. The maximum absolute atomic E-state index is 2.41. The van der Waals surface area contributed by atoms with Gasteiger partial charge in [0.05, 0.1) is 0 Å². The van der Waals surface area contributed by atoms with Gasteiger partial charge >= 0.3 is 0 Å². The highest BCUT2D eigenvalue weighted by atomic mass is 14.2. The maximum atomic E-state index is 2.41. The maximum Gasteiger partial charge on any atom is -0.0274 e. The zero-order valence-corrected chi connectivity index (χ0v) is 11.6. The van der Waals surface area contributed by atoms with E-state index in [4.69, 9.17) is 0 Å². The zero-order valence-electron chi connectivity index (χ0n) is 11.6. The van der Waals surface area contributed by atoms with Gasteiger partial charge in [-0.05, 0) is 48.8 Å². The van der Waals surface area contributed by atoms with E-state index in [1.165, 1.54) is 42.4 Å². The average Bonchev–Trinajstić information content (AvgIpc) is 2.30. The van der Waals surface area contributed by atoms with Crippen molar-refractivity contribution in [2.75, 3.05) is 0 Å². The lowest BCUT2D eigenvalue weighted by Crippen LogP contribution is -2.14. The van der Waals surface area contributed by atoms with E-state index in [0.717, 1.165) is 0 Å². The molecule has 0 aliphatic rings. The summed E-state index contributed by atoms with van der Waals surface area (Å²) in [4.78, 5) is 0. The Balaban J connectivity index is 2.64. The van der Waals surface area contributed by atoms with E-state index in [9.17, 15) is 0 Å². The van der Waals surface area contributed by atoms with E-state index >= 15 is 0 Å². The molecular formula is C16H26. The van der Waals surface area contributed by atoms with Crippen LogP contribution in [0.4, 0.5) is 0 Å². The Hall–Kier alpha value is -0.780. The number of aryl methyl sites for hydroxylation is 3. The van der Waals surface area contributed by atoms with Crippen LogP contribution in [0, 0.1) is 19.3 Å². The average molecular weight is 218 g/mol. The largest absolute Gasteiger partial charge is 0.0649 e. The topological polar surface area (TPSA) is 0 Å². The van der Waals surface area contributed by atoms with Gasteiger partial charge in [0.15, 0.2) is 0 Å². The van der Waals surface area contributed by atoms with Crippen molar-refractivity contribution in [1.29, 1.82) is 0 Å². The first-order valence-corrected chi connectivity index (χ1v) is 6.57. The Labute approximate surface area is 101 Å². The monoisotopic (exact) mass is 218 g/mol. The Morgan fingerprint density at radius 2 is 1.62 bits per heavy atom. The fraction of sp³-hybridized carbons (Fsp3) is 0.625. The van der Waals surface area contributed by atoms with E-state index in [1.807, 2.05) is 0 Å². The summed E-state index contributed by atoms with van der Waals surface area (Å²) in [5, 5.41) is 0. The van der Waals surface area contributed by atoms with Crippen molar-refractivity contribution in [2.24, 2.45) is 5.41 Å². The van der Waals surface area contributed by atoms with Crippen molar-refractivity contribution in [3.63, 3.8) is 0 Å². The second kappa shape index (κ2) is 5.52. The highest BCUT2D eigenvalue weighted by Crippen LogP contribution is 2.31. The zero-order chi connectivity index (χ0) is 12.2. The first kappa shape index (κ1) is 13.3. The van der Waals surface area contributed by atoms with Crippen LogP contribution >= 0.6 is 0 Å². The lowest BCUT2D eigenvalue weighted by Gasteiger charge is -2.26. The quantitative estimate of drug-likeness (QED) is 0.648. The Kier molecular flexibility index (Phi) is 4.58. The van der Waals surface area contributed by atoms with Gasteiger partial charge in [0, 0.05) is 0 Å². The Morgan fingerprint density at radius 3 is 2.12 bits per heavy atom. The summed E-state index contributed by atoms with van der Waals surface area (Å²) in [7, 11) is 0. The molecule has 16 heavy (non-hydrogen) atoms. The first-order valence-electron chi connectivity index (χ1n) is 6.57. The molecule has 0 nitrogen and oxygen atoms in total. The summed E-state index contributed by atoms with van der Waals surface area (Å²) in [6.07, 6.45) is 5.10. The number of benzene rings is 1. The van der Waals surface area contributed by atoms with Gasteiger partial charge in [-0.3, -0.25) is 0 Å². The molecule has 1 aromatic carbocycles. The molecule has 0 heterocycles. The lowest BCUT2D eigenvalue weighted by molar-refractivity contribution is 0.273. The second-order valence-corrected chi connectivity index (χ2v) is 5.44. The van der Waals surface area contributed by atoms with Crippen LogP contribution in [0.5, 0.6) is 0 Å². The van der Waals surface area contributed by atoms with Crippen molar-refractivity contribution in [3.05, 3.63) is 34.9 Å². The summed E-state index contributed by atoms with van der Waals surface area (Å²) in [5.41, 5.74) is 4.85. The highest BCUT2D eigenvalue weighted by Gasteiger charge is 2.18. The standard InChI is InChI=1S/C16H26/c1-6-16(5,7-2)11-10-15-9-8-13(3)14(4)12-15/h8-9,12H,6-7,10-11H2,1-5H3. The summed E-state index contributed by atoms with van der Waals surface area (Å²) in [6, 6.07) is 6.88. The normalized spacial score (nSPS) is 11.8. The fourth-order valence-corrected chi connectivity index (χ4v) is 2.01. The molecule has 0 heteroatoms.